The van der Waals surface area contributed by atoms with Gasteiger partial charge in [-0.1, -0.05) is 32.0 Å². The van der Waals surface area contributed by atoms with Crippen LogP contribution in [0.1, 0.15) is 31.2 Å². The largest absolute Gasteiger partial charge is 0.459 e. The third kappa shape index (κ3) is 1.85. The lowest BCUT2D eigenvalue weighted by molar-refractivity contribution is 0.370. The average Bonchev–Trinajstić information content (AvgIpc) is 2.63. The predicted octanol–water partition coefficient (Wildman–Crippen LogP) is 3.66. The van der Waals surface area contributed by atoms with Crippen LogP contribution in [0.3, 0.4) is 0 Å². The zero-order chi connectivity index (χ0) is 11.7. The Hall–Kier alpha value is -1.28. The maximum Gasteiger partial charge on any atom is 0.137 e. The Kier molecular flexibility index (Phi) is 3.01. The van der Waals surface area contributed by atoms with Crippen molar-refractivity contribution in [3.63, 3.8) is 0 Å². The van der Waals surface area contributed by atoms with Crippen LogP contribution in [0.4, 0.5) is 0 Å². The van der Waals surface area contributed by atoms with E-state index in [4.69, 9.17) is 4.42 Å². The van der Waals surface area contributed by atoms with E-state index < -0.39 is 0 Å². The fourth-order valence-electron chi connectivity index (χ4n) is 2.19. The maximum atomic E-state index is 5.95. The van der Waals surface area contributed by atoms with Gasteiger partial charge in [0.1, 0.15) is 11.3 Å². The Morgan fingerprint density at radius 2 is 2.00 bits per heavy atom. The molecule has 2 aromatic rings. The lowest BCUT2D eigenvalue weighted by atomic mass is 10.0. The summed E-state index contributed by atoms with van der Waals surface area (Å²) in [6, 6.07) is 8.68. The second-order valence-corrected chi connectivity index (χ2v) is 4.65. The molecular weight excluding hydrogens is 198 g/mol. The molecule has 0 fully saturated rings. The summed E-state index contributed by atoms with van der Waals surface area (Å²) in [6.07, 6.45) is 0. The van der Waals surface area contributed by atoms with E-state index >= 15 is 0 Å². The normalized spacial score (nSPS) is 13.6. The highest BCUT2D eigenvalue weighted by molar-refractivity contribution is 5.81. The smallest absolute Gasteiger partial charge is 0.137 e. The van der Waals surface area contributed by atoms with Gasteiger partial charge in [0.25, 0.3) is 0 Å². The van der Waals surface area contributed by atoms with Crippen LogP contribution in [0.2, 0.25) is 0 Å². The van der Waals surface area contributed by atoms with Crippen LogP contribution in [-0.4, -0.2) is 7.05 Å². The fraction of sp³-hybridized carbons (Fsp3) is 0.429. The van der Waals surface area contributed by atoms with Crippen LogP contribution in [-0.2, 0) is 0 Å². The van der Waals surface area contributed by atoms with Gasteiger partial charge in [0, 0.05) is 5.39 Å². The fourth-order valence-corrected chi connectivity index (χ4v) is 2.19. The molecule has 0 bridgehead atoms. The molecular formula is C14H19NO. The number of aryl methyl sites for hydroxylation is 1. The maximum absolute atomic E-state index is 5.95. The lowest BCUT2D eigenvalue weighted by Gasteiger charge is -2.17. The first-order valence-electron chi connectivity index (χ1n) is 5.79. The molecule has 2 rings (SSSR count). The van der Waals surface area contributed by atoms with Crippen LogP contribution in [0.15, 0.2) is 28.7 Å². The Balaban J connectivity index is 2.50. The number of hydrogen-bond donors (Lipinski definition) is 1. The van der Waals surface area contributed by atoms with Crippen LogP contribution < -0.4 is 5.32 Å². The van der Waals surface area contributed by atoms with Crippen molar-refractivity contribution in [2.75, 3.05) is 7.05 Å². The number of rotatable bonds is 3. The molecule has 1 atom stereocenters. The predicted molar refractivity (Wildman–Crippen MR) is 67.6 cm³/mol. The first-order valence-corrected chi connectivity index (χ1v) is 5.79. The molecule has 0 aliphatic heterocycles. The van der Waals surface area contributed by atoms with Crippen LogP contribution in [0.5, 0.6) is 0 Å². The van der Waals surface area contributed by atoms with E-state index in [2.05, 4.69) is 50.4 Å². The SMILES string of the molecule is CNC(c1cc2cccc(C)c2o1)C(C)C. The monoisotopic (exact) mass is 217 g/mol. The van der Waals surface area contributed by atoms with Gasteiger partial charge in [-0.15, -0.1) is 0 Å². The molecule has 86 valence electrons. The summed E-state index contributed by atoms with van der Waals surface area (Å²) in [4.78, 5) is 0. The Labute approximate surface area is 96.6 Å². The number of furan rings is 1. The average molecular weight is 217 g/mol. The van der Waals surface area contributed by atoms with E-state index in [1.807, 2.05) is 7.05 Å². The summed E-state index contributed by atoms with van der Waals surface area (Å²) in [5.74, 6) is 1.55. The van der Waals surface area contributed by atoms with E-state index in [1.54, 1.807) is 0 Å². The van der Waals surface area contributed by atoms with Gasteiger partial charge in [0.05, 0.1) is 6.04 Å². The van der Waals surface area contributed by atoms with E-state index in [1.165, 1.54) is 10.9 Å². The summed E-state index contributed by atoms with van der Waals surface area (Å²) in [6.45, 7) is 6.47. The van der Waals surface area contributed by atoms with Crippen molar-refractivity contribution in [2.45, 2.75) is 26.8 Å². The van der Waals surface area contributed by atoms with Crippen molar-refractivity contribution in [3.8, 4) is 0 Å². The van der Waals surface area contributed by atoms with Crippen molar-refractivity contribution in [1.82, 2.24) is 5.32 Å². The molecule has 2 nitrogen and oxygen atoms in total. The first-order chi connectivity index (χ1) is 7.63. The number of para-hydroxylation sites is 1. The second kappa shape index (κ2) is 4.30. The van der Waals surface area contributed by atoms with Crippen molar-refractivity contribution in [1.29, 1.82) is 0 Å². The van der Waals surface area contributed by atoms with Gasteiger partial charge in [0.2, 0.25) is 0 Å². The van der Waals surface area contributed by atoms with Crippen LogP contribution >= 0.6 is 0 Å². The topological polar surface area (TPSA) is 25.2 Å². The standard InChI is InChI=1S/C14H19NO/c1-9(2)13(15-4)12-8-11-7-5-6-10(3)14(11)16-12/h5-9,13,15H,1-4H3. The second-order valence-electron chi connectivity index (χ2n) is 4.65. The number of fused-ring (bicyclic) bond motifs is 1. The molecule has 0 saturated heterocycles. The van der Waals surface area contributed by atoms with Crippen molar-refractivity contribution < 1.29 is 4.42 Å². The van der Waals surface area contributed by atoms with E-state index in [9.17, 15) is 0 Å². The summed E-state index contributed by atoms with van der Waals surface area (Å²) >= 11 is 0. The first kappa shape index (κ1) is 11.2. The molecule has 0 amide bonds. The number of hydrogen-bond acceptors (Lipinski definition) is 2. The molecule has 1 unspecified atom stereocenters. The van der Waals surface area contributed by atoms with Gasteiger partial charge in [0.15, 0.2) is 0 Å². The van der Waals surface area contributed by atoms with E-state index in [0.717, 1.165) is 11.3 Å². The van der Waals surface area contributed by atoms with Crippen molar-refractivity contribution in [3.05, 3.63) is 35.6 Å². The minimum atomic E-state index is 0.284. The molecule has 1 aromatic carbocycles. The molecule has 0 saturated carbocycles. The summed E-state index contributed by atoms with van der Waals surface area (Å²) in [7, 11) is 1.98. The highest BCUT2D eigenvalue weighted by Crippen LogP contribution is 2.29. The van der Waals surface area contributed by atoms with Gasteiger partial charge in [-0.3, -0.25) is 0 Å². The lowest BCUT2D eigenvalue weighted by Crippen LogP contribution is -2.20. The molecule has 1 aromatic heterocycles. The third-order valence-electron chi connectivity index (χ3n) is 3.04. The molecule has 1 heterocycles. The highest BCUT2D eigenvalue weighted by Gasteiger charge is 2.18. The molecule has 0 spiro atoms. The van der Waals surface area contributed by atoms with Gasteiger partial charge in [-0.2, -0.15) is 0 Å². The number of nitrogens with one attached hydrogen (secondary N) is 1. The Morgan fingerprint density at radius 1 is 1.25 bits per heavy atom. The molecule has 0 aliphatic carbocycles. The third-order valence-corrected chi connectivity index (χ3v) is 3.04. The van der Waals surface area contributed by atoms with Gasteiger partial charge in [-0.25, -0.2) is 0 Å². The Morgan fingerprint density at radius 3 is 2.56 bits per heavy atom. The van der Waals surface area contributed by atoms with Crippen molar-refractivity contribution >= 4 is 11.0 Å². The zero-order valence-corrected chi connectivity index (χ0v) is 10.4. The van der Waals surface area contributed by atoms with E-state index in [0.29, 0.717) is 5.92 Å². The minimum absolute atomic E-state index is 0.284. The minimum Gasteiger partial charge on any atom is -0.459 e. The Bertz CT molecular complexity index is 484. The molecule has 2 heteroatoms. The van der Waals surface area contributed by atoms with Gasteiger partial charge >= 0.3 is 0 Å². The van der Waals surface area contributed by atoms with Crippen molar-refractivity contribution in [2.24, 2.45) is 5.92 Å². The van der Waals surface area contributed by atoms with Gasteiger partial charge in [-0.05, 0) is 31.5 Å². The quantitative estimate of drug-likeness (QED) is 0.848. The van der Waals surface area contributed by atoms with E-state index in [-0.39, 0.29) is 6.04 Å². The molecule has 16 heavy (non-hydrogen) atoms. The summed E-state index contributed by atoms with van der Waals surface area (Å²) in [5, 5.41) is 4.50. The molecule has 0 aliphatic rings. The number of benzene rings is 1. The molecule has 0 radical (unpaired) electrons. The highest BCUT2D eigenvalue weighted by atomic mass is 16.3. The van der Waals surface area contributed by atoms with Gasteiger partial charge < -0.3 is 9.73 Å². The molecule has 1 N–H and O–H groups in total. The summed E-state index contributed by atoms with van der Waals surface area (Å²) in [5.41, 5.74) is 2.21. The zero-order valence-electron chi connectivity index (χ0n) is 10.4. The summed E-state index contributed by atoms with van der Waals surface area (Å²) < 4.78 is 5.95. The van der Waals surface area contributed by atoms with Crippen LogP contribution in [0.25, 0.3) is 11.0 Å². The van der Waals surface area contributed by atoms with Crippen LogP contribution in [0, 0.1) is 12.8 Å².